The van der Waals surface area contributed by atoms with E-state index in [1.54, 1.807) is 6.07 Å². The number of hydrogen-bond acceptors (Lipinski definition) is 6. The lowest BCUT2D eigenvalue weighted by molar-refractivity contribution is -0.187. The highest BCUT2D eigenvalue weighted by Gasteiger charge is 2.72. The lowest BCUT2D eigenvalue weighted by atomic mass is 9.49. The molecule has 0 radical (unpaired) electrons. The molecule has 1 spiro atoms. The number of primary amides is 1. The van der Waals surface area contributed by atoms with Crippen molar-refractivity contribution in [3.63, 3.8) is 0 Å². The van der Waals surface area contributed by atoms with E-state index in [1.807, 2.05) is 12.1 Å². The SMILES string of the molecule is C=CCN1CC[C@]23c4c5ccc(O)c4O[C@H]2C(=O)CC[C@@]3(O)[C@H]1C5.NC(=O)O. The summed E-state index contributed by atoms with van der Waals surface area (Å²) in [6.45, 7) is 5.36. The van der Waals surface area contributed by atoms with Gasteiger partial charge >= 0.3 is 6.09 Å². The zero-order chi connectivity index (χ0) is 20.3. The van der Waals surface area contributed by atoms with Gasteiger partial charge in [0.1, 0.15) is 0 Å². The number of aliphatic hydroxyl groups is 1. The summed E-state index contributed by atoms with van der Waals surface area (Å²) in [7, 11) is 0. The zero-order valence-electron chi connectivity index (χ0n) is 15.4. The van der Waals surface area contributed by atoms with Gasteiger partial charge in [-0.05, 0) is 30.9 Å². The smallest absolute Gasteiger partial charge is 0.402 e. The summed E-state index contributed by atoms with van der Waals surface area (Å²) in [5.74, 6) is 0.528. The highest BCUT2D eigenvalue weighted by atomic mass is 16.5. The maximum atomic E-state index is 12.6. The average Bonchev–Trinajstić information content (AvgIpc) is 2.98. The van der Waals surface area contributed by atoms with Crippen LogP contribution < -0.4 is 10.5 Å². The first-order valence-electron chi connectivity index (χ1n) is 9.36. The van der Waals surface area contributed by atoms with Gasteiger partial charge in [-0.25, -0.2) is 4.79 Å². The van der Waals surface area contributed by atoms with Crippen LogP contribution in [0.15, 0.2) is 24.8 Å². The zero-order valence-corrected chi connectivity index (χ0v) is 15.4. The normalized spacial score (nSPS) is 34.5. The second-order valence-electron chi connectivity index (χ2n) is 7.90. The molecular formula is C20H24N2O6. The quantitative estimate of drug-likeness (QED) is 0.554. The van der Waals surface area contributed by atoms with Gasteiger partial charge in [0.05, 0.1) is 11.0 Å². The van der Waals surface area contributed by atoms with Gasteiger partial charge in [0, 0.05) is 31.1 Å². The molecule has 1 saturated carbocycles. The highest BCUT2D eigenvalue weighted by molar-refractivity contribution is 5.90. The molecule has 2 fully saturated rings. The predicted octanol–water partition coefficient (Wildman–Crippen LogP) is 0.925. The van der Waals surface area contributed by atoms with E-state index in [2.05, 4.69) is 17.2 Å². The predicted molar refractivity (Wildman–Crippen MR) is 99.5 cm³/mol. The minimum absolute atomic E-state index is 0.0408. The number of carboxylic acid groups (broad SMARTS) is 1. The molecule has 1 saturated heterocycles. The maximum Gasteiger partial charge on any atom is 0.402 e. The summed E-state index contributed by atoms with van der Waals surface area (Å²) >= 11 is 0. The van der Waals surface area contributed by atoms with Crippen molar-refractivity contribution in [2.24, 2.45) is 5.73 Å². The molecule has 0 aromatic heterocycles. The van der Waals surface area contributed by atoms with Crippen LogP contribution in [0.25, 0.3) is 0 Å². The topological polar surface area (TPSA) is 133 Å². The first-order valence-corrected chi connectivity index (χ1v) is 9.36. The Morgan fingerprint density at radius 3 is 2.82 bits per heavy atom. The fraction of sp³-hybridized carbons (Fsp3) is 0.500. The van der Waals surface area contributed by atoms with E-state index in [0.717, 1.165) is 24.2 Å². The van der Waals surface area contributed by atoms with E-state index in [0.29, 0.717) is 31.4 Å². The van der Waals surface area contributed by atoms with Crippen LogP contribution in [0.3, 0.4) is 0 Å². The molecule has 1 aromatic carbocycles. The molecule has 1 amide bonds. The van der Waals surface area contributed by atoms with E-state index in [-0.39, 0.29) is 17.6 Å². The Morgan fingerprint density at radius 1 is 1.43 bits per heavy atom. The summed E-state index contributed by atoms with van der Waals surface area (Å²) in [6.07, 6.45) is 2.01. The van der Waals surface area contributed by atoms with Gasteiger partial charge in [0.15, 0.2) is 23.4 Å². The number of aromatic hydroxyl groups is 1. The van der Waals surface area contributed by atoms with Crippen molar-refractivity contribution < 1.29 is 29.6 Å². The van der Waals surface area contributed by atoms with Gasteiger partial charge in [0.25, 0.3) is 0 Å². The molecule has 2 aliphatic carbocycles. The average molecular weight is 388 g/mol. The van der Waals surface area contributed by atoms with E-state index >= 15 is 0 Å². The number of benzene rings is 1. The molecule has 4 aliphatic rings. The number of Topliss-reactive ketones (excluding diaryl/α,β-unsaturated/α-hetero) is 1. The third-order valence-electron chi connectivity index (χ3n) is 6.73. The summed E-state index contributed by atoms with van der Waals surface area (Å²) in [6, 6.07) is 3.52. The van der Waals surface area contributed by atoms with E-state index in [9.17, 15) is 15.0 Å². The lowest BCUT2D eigenvalue weighted by Crippen LogP contribution is -2.76. The first kappa shape index (κ1) is 18.8. The first-order chi connectivity index (χ1) is 13.3. The Balaban J connectivity index is 0.000000442. The molecule has 5 rings (SSSR count). The fourth-order valence-corrected chi connectivity index (χ4v) is 5.80. The van der Waals surface area contributed by atoms with Gasteiger partial charge in [-0.2, -0.15) is 0 Å². The Bertz CT molecular complexity index is 866. The molecule has 4 atom stereocenters. The van der Waals surface area contributed by atoms with Crippen molar-refractivity contribution in [1.82, 2.24) is 4.90 Å². The summed E-state index contributed by atoms with van der Waals surface area (Å²) in [5.41, 5.74) is 4.28. The Labute approximate surface area is 162 Å². The fourth-order valence-electron chi connectivity index (χ4n) is 5.80. The van der Waals surface area contributed by atoms with Gasteiger partial charge < -0.3 is 25.8 Å². The van der Waals surface area contributed by atoms with Crippen LogP contribution in [0.1, 0.15) is 30.4 Å². The van der Waals surface area contributed by atoms with Gasteiger partial charge in [-0.1, -0.05) is 12.1 Å². The minimum atomic E-state index is -1.33. The Kier molecular flexibility index (Phi) is 4.17. The van der Waals surface area contributed by atoms with Crippen molar-refractivity contribution >= 4 is 11.9 Å². The van der Waals surface area contributed by atoms with Crippen LogP contribution in [-0.2, 0) is 16.6 Å². The third-order valence-corrected chi connectivity index (χ3v) is 6.73. The molecule has 28 heavy (non-hydrogen) atoms. The number of phenols is 1. The van der Waals surface area contributed by atoms with Crippen LogP contribution in [0.5, 0.6) is 11.5 Å². The number of hydrogen-bond donors (Lipinski definition) is 4. The molecule has 8 heteroatoms. The second kappa shape index (κ2) is 6.22. The summed E-state index contributed by atoms with van der Waals surface area (Å²) in [4.78, 5) is 23.7. The number of rotatable bonds is 2. The number of amides is 1. The van der Waals surface area contributed by atoms with Gasteiger partial charge in [-0.15, -0.1) is 6.58 Å². The number of piperidine rings is 1. The van der Waals surface area contributed by atoms with Gasteiger partial charge in [-0.3, -0.25) is 9.69 Å². The van der Waals surface area contributed by atoms with Crippen LogP contribution >= 0.6 is 0 Å². The van der Waals surface area contributed by atoms with Crippen LogP contribution in [0, 0.1) is 0 Å². The minimum Gasteiger partial charge on any atom is -0.504 e. The number of nitrogens with zero attached hydrogens (tertiary/aromatic N) is 1. The largest absolute Gasteiger partial charge is 0.504 e. The number of carbonyl (C=O) groups is 2. The molecular weight excluding hydrogens is 364 g/mol. The molecule has 1 aromatic rings. The third kappa shape index (κ3) is 2.24. The van der Waals surface area contributed by atoms with Gasteiger partial charge in [0.2, 0.25) is 0 Å². The molecule has 2 bridgehead atoms. The molecule has 0 unspecified atom stereocenters. The molecule has 5 N–H and O–H groups in total. The number of phenolic OH excluding ortho intramolecular Hbond substituents is 1. The maximum absolute atomic E-state index is 12.6. The second-order valence-corrected chi connectivity index (χ2v) is 7.90. The number of carbonyl (C=O) groups excluding carboxylic acids is 1. The molecule has 150 valence electrons. The van der Waals surface area contributed by atoms with E-state index < -0.39 is 23.2 Å². The van der Waals surface area contributed by atoms with Crippen molar-refractivity contribution in [2.75, 3.05) is 13.1 Å². The van der Waals surface area contributed by atoms with Crippen LogP contribution in [0.4, 0.5) is 4.79 Å². The number of nitrogens with two attached hydrogens (primary N) is 1. The van der Waals surface area contributed by atoms with Crippen molar-refractivity contribution in [3.05, 3.63) is 35.9 Å². The number of likely N-dealkylation sites (tertiary alicyclic amines) is 1. The Morgan fingerprint density at radius 2 is 2.14 bits per heavy atom. The number of ketones is 1. The lowest BCUT2D eigenvalue weighted by Gasteiger charge is -2.62. The Hall–Kier alpha value is -2.58. The van der Waals surface area contributed by atoms with E-state index in [1.165, 1.54) is 0 Å². The summed E-state index contributed by atoms with van der Waals surface area (Å²) < 4.78 is 5.98. The molecule has 8 nitrogen and oxygen atoms in total. The summed E-state index contributed by atoms with van der Waals surface area (Å²) in [5, 5.41) is 29.3. The number of ether oxygens (including phenoxy) is 1. The van der Waals surface area contributed by atoms with Crippen molar-refractivity contribution in [3.8, 4) is 11.5 Å². The monoisotopic (exact) mass is 388 g/mol. The van der Waals surface area contributed by atoms with Crippen LogP contribution in [0.2, 0.25) is 0 Å². The standard InChI is InChI=1S/C19H21NO4.CH3NO2/c1-2-8-20-9-7-18-15-11-3-4-12(21)16(15)24-17(18)13(22)5-6-19(18,23)14(20)10-11;2-1(3)4/h2-4,14,17,21,23H,1,5-10H2;2H2,(H,3,4)/t14-,17+,18+,19-;/m1./s1. The van der Waals surface area contributed by atoms with Crippen LogP contribution in [-0.4, -0.2) is 62.9 Å². The highest BCUT2D eigenvalue weighted by Crippen LogP contribution is 2.64. The van der Waals surface area contributed by atoms with Crippen molar-refractivity contribution in [1.29, 1.82) is 0 Å². The molecule has 2 aliphatic heterocycles. The van der Waals surface area contributed by atoms with Crippen molar-refractivity contribution in [2.45, 2.75) is 48.8 Å². The van der Waals surface area contributed by atoms with E-state index in [4.69, 9.17) is 14.6 Å². The molecule has 2 heterocycles.